The lowest BCUT2D eigenvalue weighted by atomic mass is 10.5. The highest BCUT2D eigenvalue weighted by molar-refractivity contribution is 5.08. The Kier molecular flexibility index (Phi) is 3.94. The molecular weight excluding hydrogens is 105 g/mol. The third-order valence-electron chi connectivity index (χ3n) is 0.608. The number of rotatable bonds is 2. The fourth-order valence-electron chi connectivity index (χ4n) is 0.345. The Morgan fingerprint density at radius 1 is 1.62 bits per heavy atom. The summed E-state index contributed by atoms with van der Waals surface area (Å²) >= 11 is 0. The molecule has 0 unspecified atom stereocenters. The molecule has 0 aliphatic rings. The first-order valence-corrected chi connectivity index (χ1v) is 2.47. The Bertz CT molecular complexity index is 105. The van der Waals surface area contributed by atoms with Gasteiger partial charge in [-0.2, -0.15) is 0 Å². The van der Waals surface area contributed by atoms with E-state index in [9.17, 15) is 4.39 Å². The first-order valence-electron chi connectivity index (χ1n) is 2.47. The minimum absolute atomic E-state index is 0.255. The molecule has 2 heteroatoms. The van der Waals surface area contributed by atoms with Gasteiger partial charge in [0.1, 0.15) is 5.83 Å². The standard InChI is InChI=1S/C6H10FN/c1-3-4-6(7)5-8-2/h3-5,8H,1-2H3/b4-3-,6-5+. The Morgan fingerprint density at radius 2 is 2.25 bits per heavy atom. The van der Waals surface area contributed by atoms with Crippen molar-refractivity contribution in [2.75, 3.05) is 7.05 Å². The zero-order chi connectivity index (χ0) is 6.41. The van der Waals surface area contributed by atoms with Gasteiger partial charge < -0.3 is 5.32 Å². The maximum Gasteiger partial charge on any atom is 0.138 e. The number of hydrogen-bond acceptors (Lipinski definition) is 1. The summed E-state index contributed by atoms with van der Waals surface area (Å²) in [6.45, 7) is 1.77. The predicted molar refractivity (Wildman–Crippen MR) is 33.1 cm³/mol. The number of allylic oxidation sites excluding steroid dienone is 3. The average Bonchev–Trinajstić information content (AvgIpc) is 1.68. The molecule has 0 aromatic rings. The SMILES string of the molecule is C/C=C\C(F)=C/NC. The van der Waals surface area contributed by atoms with Crippen LogP contribution >= 0.6 is 0 Å². The van der Waals surface area contributed by atoms with Gasteiger partial charge in [0.25, 0.3) is 0 Å². The topological polar surface area (TPSA) is 12.0 Å². The maximum atomic E-state index is 12.1. The van der Waals surface area contributed by atoms with Gasteiger partial charge in [0, 0.05) is 13.2 Å². The van der Waals surface area contributed by atoms with Crippen LogP contribution in [0.25, 0.3) is 0 Å². The zero-order valence-corrected chi connectivity index (χ0v) is 5.11. The molecule has 8 heavy (non-hydrogen) atoms. The molecule has 0 spiro atoms. The van der Waals surface area contributed by atoms with Crippen molar-refractivity contribution in [2.24, 2.45) is 0 Å². The summed E-state index contributed by atoms with van der Waals surface area (Å²) in [6, 6.07) is 0. The zero-order valence-electron chi connectivity index (χ0n) is 5.11. The van der Waals surface area contributed by atoms with E-state index in [0.29, 0.717) is 0 Å². The summed E-state index contributed by atoms with van der Waals surface area (Å²) in [7, 11) is 1.66. The third-order valence-corrected chi connectivity index (χ3v) is 0.608. The normalized spacial score (nSPS) is 12.6. The second-order valence-electron chi connectivity index (χ2n) is 1.32. The first kappa shape index (κ1) is 7.21. The summed E-state index contributed by atoms with van der Waals surface area (Å²) in [6.07, 6.45) is 4.32. The van der Waals surface area contributed by atoms with Gasteiger partial charge in [0.2, 0.25) is 0 Å². The lowest BCUT2D eigenvalue weighted by Crippen LogP contribution is -1.92. The molecule has 0 amide bonds. The van der Waals surface area contributed by atoms with E-state index in [1.54, 1.807) is 20.0 Å². The summed E-state index contributed by atoms with van der Waals surface area (Å²) < 4.78 is 12.1. The lowest BCUT2D eigenvalue weighted by molar-refractivity contribution is 0.657. The van der Waals surface area contributed by atoms with Crippen molar-refractivity contribution in [3.8, 4) is 0 Å². The molecule has 0 aromatic heterocycles. The van der Waals surface area contributed by atoms with Gasteiger partial charge in [-0.05, 0) is 13.0 Å². The van der Waals surface area contributed by atoms with Crippen LogP contribution in [0.2, 0.25) is 0 Å². The summed E-state index contributed by atoms with van der Waals surface area (Å²) in [4.78, 5) is 0. The van der Waals surface area contributed by atoms with Gasteiger partial charge >= 0.3 is 0 Å². The number of hydrogen-bond donors (Lipinski definition) is 1. The molecule has 0 rings (SSSR count). The van der Waals surface area contributed by atoms with Gasteiger partial charge in [0.05, 0.1) is 0 Å². The van der Waals surface area contributed by atoms with Crippen molar-refractivity contribution in [2.45, 2.75) is 6.92 Å². The van der Waals surface area contributed by atoms with Crippen LogP contribution < -0.4 is 5.32 Å². The van der Waals surface area contributed by atoms with E-state index in [2.05, 4.69) is 5.32 Å². The number of halogens is 1. The van der Waals surface area contributed by atoms with E-state index in [-0.39, 0.29) is 5.83 Å². The van der Waals surface area contributed by atoms with E-state index >= 15 is 0 Å². The highest BCUT2D eigenvalue weighted by Gasteiger charge is 1.79. The fourth-order valence-corrected chi connectivity index (χ4v) is 0.345. The van der Waals surface area contributed by atoms with Crippen molar-refractivity contribution in [1.29, 1.82) is 0 Å². The highest BCUT2D eigenvalue weighted by Crippen LogP contribution is 1.93. The van der Waals surface area contributed by atoms with E-state index in [1.165, 1.54) is 12.3 Å². The molecule has 0 fully saturated rings. The predicted octanol–water partition coefficient (Wildman–Crippen LogP) is 1.59. The van der Waals surface area contributed by atoms with Gasteiger partial charge in [-0.25, -0.2) is 4.39 Å². The van der Waals surface area contributed by atoms with Gasteiger partial charge in [0.15, 0.2) is 0 Å². The molecule has 0 saturated carbocycles. The third kappa shape index (κ3) is 3.40. The van der Waals surface area contributed by atoms with E-state index in [4.69, 9.17) is 0 Å². The molecule has 0 aliphatic heterocycles. The molecule has 0 bridgehead atoms. The van der Waals surface area contributed by atoms with E-state index in [1.807, 2.05) is 0 Å². The van der Waals surface area contributed by atoms with Crippen LogP contribution in [-0.4, -0.2) is 7.05 Å². The van der Waals surface area contributed by atoms with Gasteiger partial charge in [-0.3, -0.25) is 0 Å². The minimum atomic E-state index is -0.255. The van der Waals surface area contributed by atoms with Crippen LogP contribution in [0.3, 0.4) is 0 Å². The van der Waals surface area contributed by atoms with Crippen LogP contribution in [0.15, 0.2) is 24.2 Å². The smallest absolute Gasteiger partial charge is 0.138 e. The van der Waals surface area contributed by atoms with E-state index in [0.717, 1.165) is 0 Å². The highest BCUT2D eigenvalue weighted by atomic mass is 19.1. The lowest BCUT2D eigenvalue weighted by Gasteiger charge is -1.84. The van der Waals surface area contributed by atoms with Crippen LogP contribution in [0, 0.1) is 0 Å². The molecule has 0 heterocycles. The Labute approximate surface area is 48.9 Å². The summed E-state index contributed by atoms with van der Waals surface area (Å²) in [5, 5.41) is 2.56. The Morgan fingerprint density at radius 3 is 2.62 bits per heavy atom. The molecule has 0 aliphatic carbocycles. The maximum absolute atomic E-state index is 12.1. The van der Waals surface area contributed by atoms with E-state index < -0.39 is 0 Å². The average molecular weight is 115 g/mol. The fraction of sp³-hybridized carbons (Fsp3) is 0.333. The molecular formula is C6H10FN. The summed E-state index contributed by atoms with van der Waals surface area (Å²) in [5.41, 5.74) is 0. The van der Waals surface area contributed by atoms with Gasteiger partial charge in [-0.1, -0.05) is 6.08 Å². The van der Waals surface area contributed by atoms with Gasteiger partial charge in [-0.15, -0.1) is 0 Å². The molecule has 1 nitrogen and oxygen atoms in total. The van der Waals surface area contributed by atoms with Crippen molar-refractivity contribution >= 4 is 0 Å². The summed E-state index contributed by atoms with van der Waals surface area (Å²) in [5.74, 6) is -0.255. The van der Waals surface area contributed by atoms with Crippen molar-refractivity contribution in [1.82, 2.24) is 5.32 Å². The molecule has 1 N–H and O–H groups in total. The molecule has 0 aromatic carbocycles. The number of nitrogens with one attached hydrogen (secondary N) is 1. The molecule has 46 valence electrons. The Balaban J connectivity index is 3.61. The monoisotopic (exact) mass is 115 g/mol. The van der Waals surface area contributed by atoms with Crippen LogP contribution in [0.4, 0.5) is 4.39 Å². The van der Waals surface area contributed by atoms with Crippen molar-refractivity contribution in [3.05, 3.63) is 24.2 Å². The molecule has 0 atom stereocenters. The van der Waals surface area contributed by atoms with Crippen LogP contribution in [-0.2, 0) is 0 Å². The van der Waals surface area contributed by atoms with Crippen molar-refractivity contribution < 1.29 is 4.39 Å². The minimum Gasteiger partial charge on any atom is -0.392 e. The van der Waals surface area contributed by atoms with Crippen molar-refractivity contribution in [3.63, 3.8) is 0 Å². The first-order chi connectivity index (χ1) is 3.81. The largest absolute Gasteiger partial charge is 0.392 e. The Hall–Kier alpha value is -0.790. The second kappa shape index (κ2) is 4.37. The van der Waals surface area contributed by atoms with Crippen LogP contribution in [0.5, 0.6) is 0 Å². The molecule has 0 radical (unpaired) electrons. The quantitative estimate of drug-likeness (QED) is 0.539. The second-order valence-corrected chi connectivity index (χ2v) is 1.32. The molecule has 0 saturated heterocycles. The van der Waals surface area contributed by atoms with Crippen LogP contribution in [0.1, 0.15) is 6.92 Å².